The number of nitrogens with two attached hydrogens (primary N) is 1. The summed E-state index contributed by atoms with van der Waals surface area (Å²) in [6.07, 6.45) is 6.58. The molecule has 17 heavy (non-hydrogen) atoms. The molecule has 0 saturated heterocycles. The second-order valence-electron chi connectivity index (χ2n) is 4.57. The molecule has 92 valence electrons. The van der Waals surface area contributed by atoms with E-state index in [4.69, 9.17) is 11.1 Å². The molecule has 0 aliphatic heterocycles. The van der Waals surface area contributed by atoms with Gasteiger partial charge < -0.3 is 10.6 Å². The first-order valence-electron chi connectivity index (χ1n) is 6.30. The van der Waals surface area contributed by atoms with Crippen molar-refractivity contribution in [3.63, 3.8) is 0 Å². The minimum Gasteiger partial charge on any atom is -0.384 e. The molecule has 1 aromatic heterocycles. The van der Waals surface area contributed by atoms with Gasteiger partial charge in [-0.1, -0.05) is 13.3 Å². The van der Waals surface area contributed by atoms with Gasteiger partial charge in [-0.3, -0.25) is 5.41 Å². The minimum atomic E-state index is 0.107. The molecule has 0 aromatic carbocycles. The summed E-state index contributed by atoms with van der Waals surface area (Å²) in [4.78, 5) is 6.74. The molecule has 3 N–H and O–H groups in total. The lowest BCUT2D eigenvalue weighted by atomic mass is 10.2. The zero-order chi connectivity index (χ0) is 12.3. The quantitative estimate of drug-likeness (QED) is 0.583. The van der Waals surface area contributed by atoms with Crippen LogP contribution in [0.5, 0.6) is 0 Å². The third kappa shape index (κ3) is 2.75. The summed E-state index contributed by atoms with van der Waals surface area (Å²) in [6, 6.07) is 4.33. The van der Waals surface area contributed by atoms with Gasteiger partial charge in [0.25, 0.3) is 0 Å². The third-order valence-electron chi connectivity index (χ3n) is 3.09. The summed E-state index contributed by atoms with van der Waals surface area (Å²) < 4.78 is 0. The average molecular weight is 232 g/mol. The Labute approximate surface area is 102 Å². The fourth-order valence-electron chi connectivity index (χ4n) is 2.01. The predicted octanol–water partition coefficient (Wildman–Crippen LogP) is 2.13. The van der Waals surface area contributed by atoms with Crippen molar-refractivity contribution in [2.24, 2.45) is 5.73 Å². The number of rotatable bonds is 6. The lowest BCUT2D eigenvalue weighted by Gasteiger charge is -2.25. The van der Waals surface area contributed by atoms with E-state index in [2.05, 4.69) is 16.8 Å². The Morgan fingerprint density at radius 1 is 1.59 bits per heavy atom. The molecule has 2 rings (SSSR count). The number of amidine groups is 1. The molecular formula is C13H20N4. The topological polar surface area (TPSA) is 66.0 Å². The highest BCUT2D eigenvalue weighted by atomic mass is 15.2. The highest BCUT2D eigenvalue weighted by Gasteiger charge is 2.31. The van der Waals surface area contributed by atoms with Crippen molar-refractivity contribution >= 4 is 11.7 Å². The van der Waals surface area contributed by atoms with E-state index in [1.165, 1.54) is 19.3 Å². The normalized spacial score (nSPS) is 14.6. The number of anilines is 1. The number of nitrogen functional groups attached to an aromatic ring is 1. The molecule has 0 radical (unpaired) electrons. The molecule has 1 aliphatic carbocycles. The molecule has 0 spiro atoms. The number of nitrogens with one attached hydrogen (secondary N) is 1. The van der Waals surface area contributed by atoms with Crippen LogP contribution in [0.1, 0.15) is 38.2 Å². The van der Waals surface area contributed by atoms with Gasteiger partial charge in [0.2, 0.25) is 0 Å². The Bertz CT molecular complexity index is 398. The van der Waals surface area contributed by atoms with E-state index in [0.29, 0.717) is 6.04 Å². The molecular weight excluding hydrogens is 212 g/mol. The van der Waals surface area contributed by atoms with Gasteiger partial charge in [0.15, 0.2) is 0 Å². The Hall–Kier alpha value is -1.58. The Morgan fingerprint density at radius 3 is 2.94 bits per heavy atom. The van der Waals surface area contributed by atoms with Crippen LogP contribution in [-0.4, -0.2) is 23.4 Å². The van der Waals surface area contributed by atoms with Crippen molar-refractivity contribution < 1.29 is 0 Å². The minimum absolute atomic E-state index is 0.107. The predicted molar refractivity (Wildman–Crippen MR) is 70.5 cm³/mol. The van der Waals surface area contributed by atoms with E-state index in [-0.39, 0.29) is 5.84 Å². The lowest BCUT2D eigenvalue weighted by Crippen LogP contribution is -2.30. The van der Waals surface area contributed by atoms with Crippen LogP contribution < -0.4 is 10.6 Å². The first-order valence-corrected chi connectivity index (χ1v) is 6.30. The number of hydrogen-bond acceptors (Lipinski definition) is 3. The zero-order valence-corrected chi connectivity index (χ0v) is 10.3. The van der Waals surface area contributed by atoms with Crippen molar-refractivity contribution in [1.82, 2.24) is 4.98 Å². The van der Waals surface area contributed by atoms with Gasteiger partial charge in [0.05, 0.1) is 5.56 Å². The van der Waals surface area contributed by atoms with Gasteiger partial charge in [-0.25, -0.2) is 4.98 Å². The van der Waals surface area contributed by atoms with Crippen LogP contribution in [-0.2, 0) is 0 Å². The van der Waals surface area contributed by atoms with E-state index in [0.717, 1.165) is 24.3 Å². The van der Waals surface area contributed by atoms with Crippen molar-refractivity contribution in [2.75, 3.05) is 11.4 Å². The molecule has 0 atom stereocenters. The van der Waals surface area contributed by atoms with E-state index in [9.17, 15) is 0 Å². The van der Waals surface area contributed by atoms with Crippen LogP contribution in [0.15, 0.2) is 18.3 Å². The number of unbranched alkanes of at least 4 members (excludes halogenated alkanes) is 1. The van der Waals surface area contributed by atoms with Crippen LogP contribution in [0.3, 0.4) is 0 Å². The highest BCUT2D eigenvalue weighted by molar-refractivity contribution is 5.99. The smallest absolute Gasteiger partial charge is 0.139 e. The fraction of sp³-hybridized carbons (Fsp3) is 0.538. The standard InChI is InChI=1S/C13H20N4/c1-2-3-9-17(10-6-7-10)13-11(12(14)15)5-4-8-16-13/h4-5,8,10H,2-3,6-7,9H2,1H3,(H3,14,15). The summed E-state index contributed by atoms with van der Waals surface area (Å²) in [5.74, 6) is 0.992. The van der Waals surface area contributed by atoms with Gasteiger partial charge in [0.1, 0.15) is 11.7 Å². The van der Waals surface area contributed by atoms with E-state index in [1.807, 2.05) is 12.1 Å². The molecule has 1 aliphatic rings. The molecule has 0 amide bonds. The second-order valence-corrected chi connectivity index (χ2v) is 4.57. The van der Waals surface area contributed by atoms with E-state index >= 15 is 0 Å². The largest absolute Gasteiger partial charge is 0.384 e. The summed E-state index contributed by atoms with van der Waals surface area (Å²) in [6.45, 7) is 3.20. The van der Waals surface area contributed by atoms with Crippen LogP contribution in [0.25, 0.3) is 0 Å². The van der Waals surface area contributed by atoms with Gasteiger partial charge in [0, 0.05) is 18.8 Å². The average Bonchev–Trinajstić information content (AvgIpc) is 3.14. The highest BCUT2D eigenvalue weighted by Crippen LogP contribution is 2.32. The maximum Gasteiger partial charge on any atom is 0.139 e. The molecule has 1 aromatic rings. The molecule has 0 unspecified atom stereocenters. The Balaban J connectivity index is 2.25. The van der Waals surface area contributed by atoms with Crippen molar-refractivity contribution in [3.05, 3.63) is 23.9 Å². The summed E-state index contributed by atoms with van der Waals surface area (Å²) >= 11 is 0. The van der Waals surface area contributed by atoms with Crippen LogP contribution in [0.4, 0.5) is 5.82 Å². The van der Waals surface area contributed by atoms with E-state index < -0.39 is 0 Å². The molecule has 1 fully saturated rings. The molecule has 1 saturated carbocycles. The first kappa shape index (κ1) is 11.9. The number of aromatic nitrogens is 1. The van der Waals surface area contributed by atoms with Gasteiger partial charge in [-0.05, 0) is 31.4 Å². The first-order chi connectivity index (χ1) is 8.24. The maximum absolute atomic E-state index is 7.62. The molecule has 0 bridgehead atoms. The van der Waals surface area contributed by atoms with Crippen LogP contribution in [0, 0.1) is 5.41 Å². The molecule has 1 heterocycles. The van der Waals surface area contributed by atoms with Crippen LogP contribution >= 0.6 is 0 Å². The van der Waals surface area contributed by atoms with E-state index in [1.54, 1.807) is 6.20 Å². The molecule has 4 nitrogen and oxygen atoms in total. The summed E-state index contributed by atoms with van der Waals surface area (Å²) in [5.41, 5.74) is 6.38. The second kappa shape index (κ2) is 5.17. The number of pyridine rings is 1. The monoisotopic (exact) mass is 232 g/mol. The fourth-order valence-corrected chi connectivity index (χ4v) is 2.01. The molecule has 4 heteroatoms. The van der Waals surface area contributed by atoms with Crippen molar-refractivity contribution in [1.29, 1.82) is 5.41 Å². The van der Waals surface area contributed by atoms with Crippen molar-refractivity contribution in [2.45, 2.75) is 38.6 Å². The van der Waals surface area contributed by atoms with Gasteiger partial charge >= 0.3 is 0 Å². The zero-order valence-electron chi connectivity index (χ0n) is 10.3. The van der Waals surface area contributed by atoms with Crippen LogP contribution in [0.2, 0.25) is 0 Å². The summed E-state index contributed by atoms with van der Waals surface area (Å²) in [7, 11) is 0. The summed E-state index contributed by atoms with van der Waals surface area (Å²) in [5, 5.41) is 7.62. The maximum atomic E-state index is 7.62. The number of nitrogens with zero attached hydrogens (tertiary/aromatic N) is 2. The third-order valence-corrected chi connectivity index (χ3v) is 3.09. The Kier molecular flexibility index (Phi) is 3.61. The number of hydrogen-bond donors (Lipinski definition) is 2. The van der Waals surface area contributed by atoms with Gasteiger partial charge in [-0.15, -0.1) is 0 Å². The lowest BCUT2D eigenvalue weighted by molar-refractivity contribution is 0.704. The van der Waals surface area contributed by atoms with Gasteiger partial charge in [-0.2, -0.15) is 0 Å². The van der Waals surface area contributed by atoms with Crippen molar-refractivity contribution in [3.8, 4) is 0 Å². The SMILES string of the molecule is CCCCN(c1ncccc1C(=N)N)C1CC1. The Morgan fingerprint density at radius 2 is 2.35 bits per heavy atom.